The highest BCUT2D eigenvalue weighted by Crippen LogP contribution is 2.48. The van der Waals surface area contributed by atoms with E-state index in [1.807, 2.05) is 65.6 Å². The van der Waals surface area contributed by atoms with E-state index in [0.29, 0.717) is 40.3 Å². The first-order valence-corrected chi connectivity index (χ1v) is 27.6. The first-order valence-electron chi connectivity index (χ1n) is 23.7. The lowest BCUT2D eigenvalue weighted by Crippen LogP contribution is -1.94. The summed E-state index contributed by atoms with van der Waals surface area (Å²) in [5.74, 6) is 5.39. The highest BCUT2D eigenvalue weighted by atomic mass is 32.2. The second-order valence-electron chi connectivity index (χ2n) is 17.4. The molecule has 11 aromatic rings. The third kappa shape index (κ3) is 8.64. The maximum Gasteiger partial charge on any atom is 0.164 e. The Morgan fingerprint density at radius 3 is 1.22 bits per heavy atom. The lowest BCUT2D eigenvalue weighted by atomic mass is 10.1. The van der Waals surface area contributed by atoms with E-state index in [-0.39, 0.29) is 0 Å². The van der Waals surface area contributed by atoms with E-state index in [2.05, 4.69) is 179 Å². The van der Waals surface area contributed by atoms with E-state index in [1.54, 1.807) is 11.9 Å². The number of aromatic amines is 1. The van der Waals surface area contributed by atoms with Crippen LogP contribution in [0.3, 0.4) is 0 Å². The van der Waals surface area contributed by atoms with Gasteiger partial charge in [-0.3, -0.25) is 0 Å². The van der Waals surface area contributed by atoms with Gasteiger partial charge in [0, 0.05) is 81.5 Å². The molecule has 0 unspecified atom stereocenters. The quantitative estimate of drug-likeness (QED) is 0.119. The van der Waals surface area contributed by atoms with Crippen molar-refractivity contribution in [2.24, 2.45) is 0 Å². The fourth-order valence-corrected chi connectivity index (χ4v) is 14.0. The van der Waals surface area contributed by atoms with Gasteiger partial charge >= 0.3 is 0 Å². The van der Waals surface area contributed by atoms with Crippen LogP contribution in [-0.4, -0.2) is 38.9 Å². The number of benzene rings is 8. The molecule has 0 fully saturated rings. The normalized spacial score (nSPS) is 11.8. The second-order valence-corrected chi connectivity index (χ2v) is 21.3. The number of rotatable bonds is 12. The number of nitrogens with zero attached hydrogens (tertiary/aromatic N) is 7. The van der Waals surface area contributed by atoms with Crippen molar-refractivity contribution in [1.29, 1.82) is 0 Å². The van der Waals surface area contributed by atoms with E-state index in [4.69, 9.17) is 29.9 Å². The molecular weight excluding hydrogens is 961 g/mol. The first kappa shape index (κ1) is 44.5. The van der Waals surface area contributed by atoms with E-state index in [9.17, 15) is 0 Å². The van der Waals surface area contributed by atoms with E-state index < -0.39 is 0 Å². The zero-order chi connectivity index (χ0) is 47.8. The topological polar surface area (TPSA) is 98.1 Å². The maximum absolute atomic E-state index is 5.58. The molecule has 12 heteroatoms. The molecule has 0 aliphatic carbocycles. The van der Waals surface area contributed by atoms with Crippen LogP contribution in [0.5, 0.6) is 0 Å². The average Bonchev–Trinajstić information content (AvgIpc) is 4.16. The molecule has 0 radical (unpaired) electrons. The van der Waals surface area contributed by atoms with Crippen molar-refractivity contribution in [3.8, 4) is 45.6 Å². The van der Waals surface area contributed by atoms with Crippen LogP contribution in [0.2, 0.25) is 0 Å². The Hall–Kier alpha value is -7.48. The molecule has 0 saturated carbocycles. The van der Waals surface area contributed by atoms with Crippen LogP contribution in [0.25, 0.3) is 89.7 Å². The van der Waals surface area contributed by atoms with Crippen molar-refractivity contribution in [2.45, 2.75) is 37.7 Å². The summed E-state index contributed by atoms with van der Waals surface area (Å²) >= 11 is 7.24. The Morgan fingerprint density at radius 2 is 0.736 bits per heavy atom. The predicted octanol–water partition coefficient (Wildman–Crippen LogP) is 15.9. The Morgan fingerprint density at radius 1 is 0.347 bits per heavy atom. The molecule has 346 valence electrons. The molecule has 8 nitrogen and oxygen atoms in total. The van der Waals surface area contributed by atoms with Crippen molar-refractivity contribution in [2.75, 3.05) is 0 Å². The molecule has 0 atom stereocenters. The summed E-state index contributed by atoms with van der Waals surface area (Å²) in [6, 6.07) is 69.9. The van der Waals surface area contributed by atoms with E-state index >= 15 is 0 Å². The van der Waals surface area contributed by atoms with Gasteiger partial charge in [0.05, 0.1) is 0 Å². The van der Waals surface area contributed by atoms with Crippen LogP contribution in [0.1, 0.15) is 22.3 Å². The van der Waals surface area contributed by atoms with Gasteiger partial charge in [-0.05, 0) is 40.3 Å². The largest absolute Gasteiger partial charge is 0.324 e. The molecule has 2 aliphatic heterocycles. The Kier molecular flexibility index (Phi) is 12.1. The highest BCUT2D eigenvalue weighted by molar-refractivity contribution is 8.03. The number of thioether (sulfide) groups is 3. The SMILES string of the molecule is c1ccc(CSc2cc3c4nc5nc(nc6c7ccccc7c(nc7nc(nc([nH]4)c3c(SCc3ccccc3)c2SCc2ccccc2)-c2ccccc2-7)n6SCc2ccccc2)-c2ccccc2-5)cc1. The molecule has 3 aromatic heterocycles. The molecule has 8 bridgehead atoms. The number of fused-ring (bicyclic) bond motifs is 20. The fraction of sp³-hybridized carbons (Fsp3) is 0.0667. The summed E-state index contributed by atoms with van der Waals surface area (Å²) in [5, 5.41) is 3.88. The molecule has 5 heterocycles. The summed E-state index contributed by atoms with van der Waals surface area (Å²) in [4.78, 5) is 40.2. The van der Waals surface area contributed by atoms with E-state index in [1.165, 1.54) is 32.0 Å². The van der Waals surface area contributed by atoms with Gasteiger partial charge in [0.25, 0.3) is 0 Å². The minimum absolute atomic E-state index is 0.578. The first-order chi connectivity index (χ1) is 35.7. The fourth-order valence-electron chi connectivity index (χ4n) is 9.21. The summed E-state index contributed by atoms with van der Waals surface area (Å²) in [7, 11) is 0. The Balaban J connectivity index is 1.14. The number of hydrogen-bond acceptors (Lipinski definition) is 10. The van der Waals surface area contributed by atoms with Gasteiger partial charge in [-0.15, -0.1) is 35.3 Å². The molecular formula is C60H42N8S4. The zero-order valence-electron chi connectivity index (χ0n) is 38.6. The van der Waals surface area contributed by atoms with Crippen LogP contribution < -0.4 is 0 Å². The zero-order valence-corrected chi connectivity index (χ0v) is 41.9. The Labute approximate surface area is 433 Å². The van der Waals surface area contributed by atoms with Gasteiger partial charge in [-0.25, -0.2) is 33.9 Å². The lowest BCUT2D eigenvalue weighted by Gasteiger charge is -2.16. The highest BCUT2D eigenvalue weighted by Gasteiger charge is 2.26. The lowest BCUT2D eigenvalue weighted by molar-refractivity contribution is 1.14. The van der Waals surface area contributed by atoms with Crippen molar-refractivity contribution in [3.05, 3.63) is 222 Å². The third-order valence-corrected chi connectivity index (χ3v) is 17.5. The second kappa shape index (κ2) is 19.6. The summed E-state index contributed by atoms with van der Waals surface area (Å²) in [5.41, 5.74) is 11.4. The number of nitrogens with one attached hydrogen (secondary N) is 1. The maximum atomic E-state index is 5.58. The smallest absolute Gasteiger partial charge is 0.164 e. The summed E-state index contributed by atoms with van der Waals surface area (Å²) < 4.78 is 2.16. The third-order valence-electron chi connectivity index (χ3n) is 12.7. The van der Waals surface area contributed by atoms with E-state index in [0.717, 1.165) is 77.2 Å². The molecule has 0 saturated heterocycles. The molecule has 13 rings (SSSR count). The number of hydrogen-bond donors (Lipinski definition) is 1. The van der Waals surface area contributed by atoms with Crippen molar-refractivity contribution in [1.82, 2.24) is 38.9 Å². The van der Waals surface area contributed by atoms with Gasteiger partial charge in [0.15, 0.2) is 34.6 Å². The van der Waals surface area contributed by atoms with Gasteiger partial charge < -0.3 is 4.98 Å². The summed E-state index contributed by atoms with van der Waals surface area (Å²) in [6.07, 6.45) is 0. The van der Waals surface area contributed by atoms with Crippen LogP contribution in [0.15, 0.2) is 215 Å². The van der Waals surface area contributed by atoms with Gasteiger partial charge in [-0.1, -0.05) is 194 Å². The number of aromatic nitrogens is 8. The summed E-state index contributed by atoms with van der Waals surface area (Å²) in [6.45, 7) is 0. The molecule has 1 N–H and O–H groups in total. The molecule has 0 spiro atoms. The minimum atomic E-state index is 0.578. The van der Waals surface area contributed by atoms with Gasteiger partial charge in [0.1, 0.15) is 11.3 Å². The Bertz CT molecular complexity index is 4000. The van der Waals surface area contributed by atoms with Crippen LogP contribution >= 0.6 is 47.2 Å². The monoisotopic (exact) mass is 1000 g/mol. The molecule has 72 heavy (non-hydrogen) atoms. The van der Waals surface area contributed by atoms with Crippen molar-refractivity contribution >= 4 is 91.4 Å². The van der Waals surface area contributed by atoms with Gasteiger partial charge in [0.2, 0.25) is 0 Å². The average molecular weight is 1000 g/mol. The molecule has 8 aromatic carbocycles. The number of H-pyrrole nitrogens is 1. The van der Waals surface area contributed by atoms with Crippen molar-refractivity contribution < 1.29 is 0 Å². The van der Waals surface area contributed by atoms with Gasteiger partial charge in [-0.2, -0.15) is 0 Å². The predicted molar refractivity (Wildman–Crippen MR) is 301 cm³/mol. The van der Waals surface area contributed by atoms with Crippen LogP contribution in [0, 0.1) is 0 Å². The van der Waals surface area contributed by atoms with Crippen molar-refractivity contribution in [3.63, 3.8) is 0 Å². The molecule has 0 amide bonds. The van der Waals surface area contributed by atoms with Crippen LogP contribution in [0.4, 0.5) is 0 Å². The van der Waals surface area contributed by atoms with Crippen LogP contribution in [-0.2, 0) is 23.0 Å². The minimum Gasteiger partial charge on any atom is -0.324 e. The standard InChI is InChI=1S/C60H42N8S4/c1-5-19-38(20-6-1)34-69-49-33-48-50(52(71-36-40-23-9-3-10-24-40)51(49)70-35-39-21-7-2-8-22-39)58-64-54-43-28-14-16-30-45(43)56(62-54)67-60-47-32-18-17-31-46(47)59(68(60)72-37-41-25-11-4-12-26-41)66-55-44-29-15-13-27-42(44)53(61-55)63-57(48)65-58/h1-33H,34-37H2,(H,61,62,63,64,65,66,67). The molecule has 2 aliphatic rings.